The molecule has 10 nitrogen and oxygen atoms in total. The number of hydrogen-bond donors (Lipinski definition) is 0. The number of hydrogen-bond acceptors (Lipinski definition) is 8. The fraction of sp³-hybridized carbons (Fsp3) is 0.364. The number of fused-ring (bicyclic) bond motifs is 1. The van der Waals surface area contributed by atoms with E-state index in [-0.39, 0.29) is 34.3 Å². The summed E-state index contributed by atoms with van der Waals surface area (Å²) in [5, 5.41) is 4.19. The number of nitrogens with zero attached hydrogens (tertiary/aromatic N) is 8. The molecule has 182 valence electrons. The normalized spacial score (nSPS) is 16.7. The van der Waals surface area contributed by atoms with Crippen LogP contribution in [0.25, 0.3) is 22.3 Å². The summed E-state index contributed by atoms with van der Waals surface area (Å²) in [5.41, 5.74) is 0.288. The molecule has 0 spiro atoms. The van der Waals surface area contributed by atoms with E-state index in [4.69, 9.17) is 4.74 Å². The molecule has 0 radical (unpaired) electrons. The van der Waals surface area contributed by atoms with E-state index >= 15 is 0 Å². The first kappa shape index (κ1) is 22.9. The highest BCUT2D eigenvalue weighted by Crippen LogP contribution is 2.31. The zero-order valence-electron chi connectivity index (χ0n) is 19.1. The van der Waals surface area contributed by atoms with Crippen molar-refractivity contribution >= 4 is 17.0 Å². The number of aromatic nitrogens is 7. The number of halogens is 3. The van der Waals surface area contributed by atoms with Crippen LogP contribution < -0.4 is 10.5 Å². The smallest absolute Gasteiger partial charge is 0.370 e. The molecule has 0 saturated carbocycles. The van der Waals surface area contributed by atoms with Gasteiger partial charge in [0.05, 0.1) is 19.3 Å². The maximum Gasteiger partial charge on any atom is 0.433 e. The lowest BCUT2D eigenvalue weighted by molar-refractivity contribution is -0.141. The number of rotatable bonds is 3. The number of aryl methyl sites for hydroxylation is 2. The number of anilines is 1. The molecule has 4 aromatic rings. The van der Waals surface area contributed by atoms with Crippen molar-refractivity contribution in [3.63, 3.8) is 0 Å². The average Bonchev–Trinajstić information content (AvgIpc) is 3.28. The van der Waals surface area contributed by atoms with Gasteiger partial charge in [0.15, 0.2) is 5.52 Å². The first-order valence-corrected chi connectivity index (χ1v) is 10.8. The van der Waals surface area contributed by atoms with Crippen LogP contribution >= 0.6 is 0 Å². The van der Waals surface area contributed by atoms with Gasteiger partial charge in [-0.2, -0.15) is 18.3 Å². The number of pyridine rings is 1. The van der Waals surface area contributed by atoms with Crippen molar-refractivity contribution in [3.8, 4) is 11.3 Å². The summed E-state index contributed by atoms with van der Waals surface area (Å²) in [6.45, 7) is 2.92. The molecule has 5 heterocycles. The van der Waals surface area contributed by atoms with E-state index in [1.807, 2.05) is 18.1 Å². The van der Waals surface area contributed by atoms with E-state index in [9.17, 15) is 18.0 Å². The summed E-state index contributed by atoms with van der Waals surface area (Å²) < 4.78 is 48.1. The molecule has 0 aromatic carbocycles. The monoisotopic (exact) mass is 486 g/mol. The van der Waals surface area contributed by atoms with Crippen LogP contribution in [0.4, 0.5) is 19.1 Å². The molecule has 1 fully saturated rings. The van der Waals surface area contributed by atoms with Crippen molar-refractivity contribution in [1.29, 1.82) is 0 Å². The molecule has 35 heavy (non-hydrogen) atoms. The Bertz CT molecular complexity index is 1460. The van der Waals surface area contributed by atoms with E-state index in [2.05, 4.69) is 25.0 Å². The first-order chi connectivity index (χ1) is 16.6. The summed E-state index contributed by atoms with van der Waals surface area (Å²) in [5.74, 6) is 0.676. The van der Waals surface area contributed by atoms with Crippen LogP contribution in [0.2, 0.25) is 0 Å². The highest BCUT2D eigenvalue weighted by atomic mass is 19.4. The first-order valence-electron chi connectivity index (χ1n) is 10.8. The van der Waals surface area contributed by atoms with Gasteiger partial charge in [-0.1, -0.05) is 0 Å². The highest BCUT2D eigenvalue weighted by Gasteiger charge is 2.32. The molecule has 5 rings (SSSR count). The van der Waals surface area contributed by atoms with Crippen molar-refractivity contribution in [2.45, 2.75) is 19.2 Å². The number of ether oxygens (including phenoxy) is 1. The zero-order chi connectivity index (χ0) is 24.9. The quantitative estimate of drug-likeness (QED) is 0.435. The third-order valence-corrected chi connectivity index (χ3v) is 5.91. The third kappa shape index (κ3) is 4.22. The van der Waals surface area contributed by atoms with Crippen LogP contribution in [0.5, 0.6) is 0 Å². The fourth-order valence-corrected chi connectivity index (χ4v) is 3.92. The molecule has 0 bridgehead atoms. The zero-order valence-corrected chi connectivity index (χ0v) is 19.1. The number of morpholine rings is 1. The summed E-state index contributed by atoms with van der Waals surface area (Å²) in [6, 6.07) is 2.15. The van der Waals surface area contributed by atoms with Gasteiger partial charge in [0, 0.05) is 44.2 Å². The Morgan fingerprint density at radius 1 is 1.09 bits per heavy atom. The Morgan fingerprint density at radius 3 is 2.54 bits per heavy atom. The van der Waals surface area contributed by atoms with Gasteiger partial charge in [0.1, 0.15) is 28.8 Å². The minimum atomic E-state index is -4.57. The van der Waals surface area contributed by atoms with Crippen molar-refractivity contribution in [1.82, 2.24) is 34.3 Å². The summed E-state index contributed by atoms with van der Waals surface area (Å²) >= 11 is 0. The van der Waals surface area contributed by atoms with Gasteiger partial charge in [-0.25, -0.2) is 15.0 Å². The minimum absolute atomic E-state index is 0.0717. The van der Waals surface area contributed by atoms with Crippen LogP contribution in [0.1, 0.15) is 23.2 Å². The van der Waals surface area contributed by atoms with Crippen molar-refractivity contribution in [2.75, 3.05) is 24.6 Å². The lowest BCUT2D eigenvalue weighted by Crippen LogP contribution is -2.39. The van der Waals surface area contributed by atoms with E-state index < -0.39 is 11.9 Å². The molecule has 0 amide bonds. The van der Waals surface area contributed by atoms with Crippen LogP contribution in [-0.4, -0.2) is 54.0 Å². The molecule has 1 aliphatic rings. The van der Waals surface area contributed by atoms with Crippen molar-refractivity contribution in [3.05, 3.63) is 58.2 Å². The molecule has 13 heteroatoms. The second-order valence-corrected chi connectivity index (χ2v) is 8.28. The Balaban J connectivity index is 1.63. The summed E-state index contributed by atoms with van der Waals surface area (Å²) in [4.78, 5) is 32.1. The molecule has 0 aliphatic carbocycles. The maximum atomic E-state index is 13.1. The van der Waals surface area contributed by atoms with E-state index in [0.717, 1.165) is 17.8 Å². The summed E-state index contributed by atoms with van der Waals surface area (Å²) in [7, 11) is 3.39. The largest absolute Gasteiger partial charge is 0.433 e. The van der Waals surface area contributed by atoms with Crippen LogP contribution in [0.3, 0.4) is 0 Å². The molecule has 1 aliphatic heterocycles. The summed E-state index contributed by atoms with van der Waals surface area (Å²) in [6.07, 6.45) is -0.196. The predicted octanol–water partition coefficient (Wildman–Crippen LogP) is 2.42. The second-order valence-electron chi connectivity index (χ2n) is 8.28. The lowest BCUT2D eigenvalue weighted by Gasteiger charge is -2.32. The predicted molar refractivity (Wildman–Crippen MR) is 120 cm³/mol. The van der Waals surface area contributed by atoms with Crippen LogP contribution in [0, 0.1) is 6.92 Å². The van der Waals surface area contributed by atoms with Gasteiger partial charge in [0.2, 0.25) is 5.95 Å². The van der Waals surface area contributed by atoms with Gasteiger partial charge in [0.25, 0.3) is 5.56 Å². The van der Waals surface area contributed by atoms with Crippen molar-refractivity contribution < 1.29 is 17.9 Å². The van der Waals surface area contributed by atoms with Gasteiger partial charge in [-0.05, 0) is 19.1 Å². The molecule has 1 saturated heterocycles. The van der Waals surface area contributed by atoms with E-state index in [0.29, 0.717) is 31.1 Å². The third-order valence-electron chi connectivity index (χ3n) is 5.91. The highest BCUT2D eigenvalue weighted by molar-refractivity contribution is 5.89. The van der Waals surface area contributed by atoms with Crippen LogP contribution in [-0.2, 0) is 25.0 Å². The van der Waals surface area contributed by atoms with Crippen LogP contribution in [0.15, 0.2) is 35.5 Å². The fourth-order valence-electron chi connectivity index (χ4n) is 3.92. The molecule has 1 unspecified atom stereocenters. The Hall–Kier alpha value is -3.87. The van der Waals surface area contributed by atoms with E-state index in [1.165, 1.54) is 10.6 Å². The maximum absolute atomic E-state index is 13.1. The van der Waals surface area contributed by atoms with Gasteiger partial charge in [-0.3, -0.25) is 19.0 Å². The Morgan fingerprint density at radius 2 is 1.89 bits per heavy atom. The molecule has 0 N–H and O–H groups in total. The SMILES string of the molecule is Cc1nc2c(-c3ccc(C(F)(F)F)nc3)nc(N3CCOC(c4cnn(C)c4)C3)nc2c(=O)n1C. The molecule has 4 aromatic heterocycles. The Labute approximate surface area is 197 Å². The topological polar surface area (TPSA) is 104 Å². The van der Waals surface area contributed by atoms with Gasteiger partial charge in [-0.15, -0.1) is 0 Å². The van der Waals surface area contributed by atoms with Crippen molar-refractivity contribution in [2.24, 2.45) is 14.1 Å². The Kier molecular flexibility index (Phi) is 5.50. The minimum Gasteiger partial charge on any atom is -0.370 e. The standard InChI is InChI=1S/C22H21F3N8O2/c1-12-28-18-17(13-4-5-16(26-8-13)22(23,24)25)29-21(30-19(18)20(34)32(12)3)33-6-7-35-15(11-33)14-9-27-31(2)10-14/h4-5,8-10,15H,6-7,11H2,1-3H3. The molecular weight excluding hydrogens is 465 g/mol. The lowest BCUT2D eigenvalue weighted by atomic mass is 10.1. The molecule has 1 atom stereocenters. The van der Waals surface area contributed by atoms with Gasteiger partial charge >= 0.3 is 6.18 Å². The molecular formula is C22H21F3N8O2. The second kappa shape index (κ2) is 8.41. The average molecular weight is 486 g/mol. The van der Waals surface area contributed by atoms with Gasteiger partial charge < -0.3 is 9.64 Å². The number of alkyl halides is 3. The van der Waals surface area contributed by atoms with E-state index in [1.54, 1.807) is 24.9 Å².